The normalized spacial score (nSPS) is 21.5. The Hall–Kier alpha value is -2.14. The van der Waals surface area contributed by atoms with Gasteiger partial charge in [-0.3, -0.25) is 9.48 Å². The number of hydrogen-bond acceptors (Lipinski definition) is 3. The van der Waals surface area contributed by atoms with Gasteiger partial charge in [0.1, 0.15) is 6.04 Å². The zero-order chi connectivity index (χ0) is 17.9. The van der Waals surface area contributed by atoms with Crippen LogP contribution < -0.4 is 5.32 Å². The van der Waals surface area contributed by atoms with Crippen molar-refractivity contribution < 1.29 is 4.79 Å². The highest BCUT2D eigenvalue weighted by Gasteiger charge is 2.38. The van der Waals surface area contributed by atoms with E-state index in [1.807, 2.05) is 25.2 Å². The molecule has 134 valence electrons. The van der Waals surface area contributed by atoms with Gasteiger partial charge in [-0.15, -0.1) is 0 Å². The molecule has 2 unspecified atom stereocenters. The van der Waals surface area contributed by atoms with E-state index in [1.165, 1.54) is 5.56 Å². The molecule has 0 spiro atoms. The summed E-state index contributed by atoms with van der Waals surface area (Å²) >= 11 is 0. The number of hydrogen-bond donors (Lipinski definition) is 1. The van der Waals surface area contributed by atoms with E-state index in [-0.39, 0.29) is 17.4 Å². The Morgan fingerprint density at radius 2 is 2.12 bits per heavy atom. The summed E-state index contributed by atoms with van der Waals surface area (Å²) < 4.78 is 1.74. The number of nitrogens with one attached hydrogen (secondary N) is 1. The highest BCUT2D eigenvalue weighted by molar-refractivity contribution is 5.83. The molecule has 2 heterocycles. The maximum Gasteiger partial charge on any atom is 0.244 e. The number of amides is 1. The Bertz CT molecular complexity index is 711. The molecule has 25 heavy (non-hydrogen) atoms. The standard InChI is InChI=1S/C20H28N4O/c1-20(10-9-16-7-5-4-6-8-16)11-12-24(15-20)19(25)18(21-2)17-13-22-23(3)14-17/h4-8,13-14,18,21H,9-12,15H2,1-3H3. The lowest BCUT2D eigenvalue weighted by atomic mass is 9.83. The summed E-state index contributed by atoms with van der Waals surface area (Å²) in [7, 11) is 3.71. The number of likely N-dealkylation sites (N-methyl/N-ethyl adjacent to an activating group) is 1. The number of rotatable bonds is 6. The lowest BCUT2D eigenvalue weighted by molar-refractivity contribution is -0.132. The van der Waals surface area contributed by atoms with Gasteiger partial charge < -0.3 is 10.2 Å². The smallest absolute Gasteiger partial charge is 0.244 e. The van der Waals surface area contributed by atoms with E-state index in [2.05, 4.69) is 47.7 Å². The van der Waals surface area contributed by atoms with Gasteiger partial charge in [0.2, 0.25) is 5.91 Å². The van der Waals surface area contributed by atoms with Crippen molar-refractivity contribution >= 4 is 5.91 Å². The van der Waals surface area contributed by atoms with Gasteiger partial charge in [-0.1, -0.05) is 37.3 Å². The molecule has 0 saturated carbocycles. The van der Waals surface area contributed by atoms with Gasteiger partial charge in [0, 0.05) is 31.9 Å². The van der Waals surface area contributed by atoms with Crippen LogP contribution >= 0.6 is 0 Å². The van der Waals surface area contributed by atoms with Crippen molar-refractivity contribution in [1.82, 2.24) is 20.0 Å². The zero-order valence-electron chi connectivity index (χ0n) is 15.4. The summed E-state index contributed by atoms with van der Waals surface area (Å²) in [5.41, 5.74) is 2.49. The summed E-state index contributed by atoms with van der Waals surface area (Å²) in [6.45, 7) is 3.97. The van der Waals surface area contributed by atoms with Crippen LogP contribution in [0.1, 0.15) is 36.9 Å². The zero-order valence-corrected chi connectivity index (χ0v) is 15.4. The van der Waals surface area contributed by atoms with Gasteiger partial charge in [0.05, 0.1) is 6.20 Å². The molecular formula is C20H28N4O. The van der Waals surface area contributed by atoms with Gasteiger partial charge in [0.15, 0.2) is 0 Å². The van der Waals surface area contributed by atoms with Crippen LogP contribution in [0, 0.1) is 5.41 Å². The fourth-order valence-corrected chi connectivity index (χ4v) is 3.71. The molecule has 1 aliphatic heterocycles. The third-order valence-corrected chi connectivity index (χ3v) is 5.32. The summed E-state index contributed by atoms with van der Waals surface area (Å²) in [5, 5.41) is 7.34. The second kappa shape index (κ2) is 7.40. The lowest BCUT2D eigenvalue weighted by Gasteiger charge is -2.27. The Balaban J connectivity index is 1.61. The first-order valence-electron chi connectivity index (χ1n) is 8.99. The molecule has 2 aromatic rings. The highest BCUT2D eigenvalue weighted by Crippen LogP contribution is 2.35. The average Bonchev–Trinajstić information content (AvgIpc) is 3.21. The molecule has 1 aromatic heterocycles. The van der Waals surface area contributed by atoms with Crippen molar-refractivity contribution in [3.63, 3.8) is 0 Å². The van der Waals surface area contributed by atoms with Crippen molar-refractivity contribution in [3.8, 4) is 0 Å². The van der Waals surface area contributed by atoms with Crippen LogP contribution in [-0.4, -0.2) is 40.7 Å². The van der Waals surface area contributed by atoms with Crippen molar-refractivity contribution in [2.24, 2.45) is 12.5 Å². The van der Waals surface area contributed by atoms with Crippen LogP contribution in [0.3, 0.4) is 0 Å². The van der Waals surface area contributed by atoms with Gasteiger partial charge >= 0.3 is 0 Å². The van der Waals surface area contributed by atoms with E-state index in [0.29, 0.717) is 0 Å². The maximum atomic E-state index is 13.0. The van der Waals surface area contributed by atoms with E-state index in [9.17, 15) is 4.79 Å². The quantitative estimate of drug-likeness (QED) is 0.879. The number of carbonyl (C=O) groups is 1. The molecular weight excluding hydrogens is 312 g/mol. The molecule has 3 rings (SSSR count). The molecule has 1 saturated heterocycles. The molecule has 2 atom stereocenters. The fourth-order valence-electron chi connectivity index (χ4n) is 3.71. The van der Waals surface area contributed by atoms with Crippen LogP contribution in [0.5, 0.6) is 0 Å². The Kier molecular flexibility index (Phi) is 5.23. The summed E-state index contributed by atoms with van der Waals surface area (Å²) in [6, 6.07) is 10.3. The summed E-state index contributed by atoms with van der Waals surface area (Å²) in [5.74, 6) is 0.152. The molecule has 1 fully saturated rings. The molecule has 1 aromatic carbocycles. The predicted molar refractivity (Wildman–Crippen MR) is 99.1 cm³/mol. The van der Waals surface area contributed by atoms with E-state index in [1.54, 1.807) is 10.9 Å². The van der Waals surface area contributed by atoms with Crippen molar-refractivity contribution in [1.29, 1.82) is 0 Å². The van der Waals surface area contributed by atoms with Crippen LogP contribution in [0.2, 0.25) is 0 Å². The summed E-state index contributed by atoms with van der Waals surface area (Å²) in [4.78, 5) is 15.0. The first-order valence-corrected chi connectivity index (χ1v) is 8.99. The van der Waals surface area contributed by atoms with E-state index in [4.69, 9.17) is 0 Å². The average molecular weight is 340 g/mol. The minimum Gasteiger partial charge on any atom is -0.340 e. The van der Waals surface area contributed by atoms with E-state index >= 15 is 0 Å². The first kappa shape index (κ1) is 17.7. The molecule has 5 nitrogen and oxygen atoms in total. The minimum absolute atomic E-state index is 0.152. The van der Waals surface area contributed by atoms with Gasteiger partial charge in [0.25, 0.3) is 0 Å². The Morgan fingerprint density at radius 1 is 1.36 bits per heavy atom. The third kappa shape index (κ3) is 4.10. The largest absolute Gasteiger partial charge is 0.340 e. The number of aromatic nitrogens is 2. The first-order chi connectivity index (χ1) is 12.0. The lowest BCUT2D eigenvalue weighted by Crippen LogP contribution is -2.39. The monoisotopic (exact) mass is 340 g/mol. The molecule has 0 bridgehead atoms. The van der Waals surface area contributed by atoms with Crippen LogP contribution in [0.25, 0.3) is 0 Å². The van der Waals surface area contributed by atoms with E-state index in [0.717, 1.165) is 37.9 Å². The molecule has 1 aliphatic rings. The highest BCUT2D eigenvalue weighted by atomic mass is 16.2. The Labute approximate surface area is 150 Å². The van der Waals surface area contributed by atoms with Gasteiger partial charge in [-0.05, 0) is 37.3 Å². The van der Waals surface area contributed by atoms with Crippen molar-refractivity contribution in [3.05, 3.63) is 53.9 Å². The van der Waals surface area contributed by atoms with Crippen LogP contribution in [0.4, 0.5) is 0 Å². The maximum absolute atomic E-state index is 13.0. The number of carbonyl (C=O) groups excluding carboxylic acids is 1. The number of aryl methyl sites for hydroxylation is 2. The molecule has 5 heteroatoms. The van der Waals surface area contributed by atoms with Crippen molar-refractivity contribution in [2.45, 2.75) is 32.2 Å². The molecule has 1 N–H and O–H groups in total. The second-order valence-electron chi connectivity index (χ2n) is 7.48. The van der Waals surface area contributed by atoms with Crippen LogP contribution in [0.15, 0.2) is 42.7 Å². The van der Waals surface area contributed by atoms with Gasteiger partial charge in [-0.25, -0.2) is 0 Å². The van der Waals surface area contributed by atoms with Gasteiger partial charge in [-0.2, -0.15) is 5.10 Å². The predicted octanol–water partition coefficient (Wildman–Crippen LogP) is 2.55. The molecule has 1 amide bonds. The topological polar surface area (TPSA) is 50.2 Å². The van der Waals surface area contributed by atoms with Crippen molar-refractivity contribution in [2.75, 3.05) is 20.1 Å². The SMILES string of the molecule is CNC(C(=O)N1CCC(C)(CCc2ccccc2)C1)c1cnn(C)c1. The molecule has 0 radical (unpaired) electrons. The van der Waals surface area contributed by atoms with E-state index < -0.39 is 0 Å². The number of nitrogens with zero attached hydrogens (tertiary/aromatic N) is 3. The molecule has 0 aliphatic carbocycles. The number of likely N-dealkylation sites (tertiary alicyclic amines) is 1. The minimum atomic E-state index is -0.315. The number of benzene rings is 1. The summed E-state index contributed by atoms with van der Waals surface area (Å²) in [6.07, 6.45) is 6.91. The second-order valence-corrected chi connectivity index (χ2v) is 7.48. The fraction of sp³-hybridized carbons (Fsp3) is 0.500. The Morgan fingerprint density at radius 3 is 2.76 bits per heavy atom. The third-order valence-electron chi connectivity index (χ3n) is 5.32. The van der Waals surface area contributed by atoms with Crippen LogP contribution in [-0.2, 0) is 18.3 Å².